The van der Waals surface area contributed by atoms with Gasteiger partial charge < -0.3 is 15.5 Å². The van der Waals surface area contributed by atoms with Crippen molar-refractivity contribution in [3.05, 3.63) is 46.2 Å². The molecule has 1 aromatic heterocycles. The summed E-state index contributed by atoms with van der Waals surface area (Å²) in [5, 5.41) is 9.06. The molecule has 0 fully saturated rings. The number of nitriles is 1. The Hall–Kier alpha value is -2.74. The third kappa shape index (κ3) is 1.92. The molecular weight excluding hydrogens is 230 g/mol. The third-order valence-electron chi connectivity index (χ3n) is 2.56. The summed E-state index contributed by atoms with van der Waals surface area (Å²) in [6, 6.07) is 10.6. The first-order valence-corrected chi connectivity index (χ1v) is 5.23. The van der Waals surface area contributed by atoms with Crippen molar-refractivity contribution in [2.24, 2.45) is 0 Å². The van der Waals surface area contributed by atoms with Crippen molar-refractivity contribution in [1.82, 2.24) is 4.98 Å². The Morgan fingerprint density at radius 1 is 1.33 bits per heavy atom. The van der Waals surface area contributed by atoms with E-state index in [0.717, 1.165) is 0 Å². The number of hydrogen-bond acceptors (Lipinski definition) is 4. The summed E-state index contributed by atoms with van der Waals surface area (Å²) < 4.78 is 5.22. The molecule has 0 bridgehead atoms. The molecule has 0 aliphatic carbocycles. The normalized spacial score (nSPS) is 9.78. The molecule has 18 heavy (non-hydrogen) atoms. The van der Waals surface area contributed by atoms with Gasteiger partial charge in [-0.2, -0.15) is 5.26 Å². The first-order chi connectivity index (χ1) is 8.67. The Balaban J connectivity index is 2.79. The highest BCUT2D eigenvalue weighted by Gasteiger charge is 2.13. The van der Waals surface area contributed by atoms with Gasteiger partial charge in [0.25, 0.3) is 5.56 Å². The quantitative estimate of drug-likeness (QED) is 0.833. The Bertz CT molecular complexity index is 683. The summed E-state index contributed by atoms with van der Waals surface area (Å²) in [6.07, 6.45) is 0. The number of aromatic nitrogens is 1. The zero-order valence-electron chi connectivity index (χ0n) is 9.73. The van der Waals surface area contributed by atoms with Crippen molar-refractivity contribution in [2.45, 2.75) is 0 Å². The number of nitrogen functional groups attached to an aromatic ring is 1. The van der Waals surface area contributed by atoms with Crippen LogP contribution in [0, 0.1) is 11.3 Å². The van der Waals surface area contributed by atoms with Gasteiger partial charge in [0.2, 0.25) is 0 Å². The number of methoxy groups -OCH3 is 1. The monoisotopic (exact) mass is 241 g/mol. The fraction of sp³-hybridized carbons (Fsp3) is 0.0769. The second-order valence-electron chi connectivity index (χ2n) is 3.65. The van der Waals surface area contributed by atoms with Gasteiger partial charge in [0.1, 0.15) is 23.2 Å². The lowest BCUT2D eigenvalue weighted by Crippen LogP contribution is -2.13. The van der Waals surface area contributed by atoms with E-state index in [9.17, 15) is 4.79 Å². The van der Waals surface area contributed by atoms with E-state index in [1.165, 1.54) is 7.11 Å². The van der Waals surface area contributed by atoms with E-state index in [2.05, 4.69) is 4.98 Å². The molecule has 3 N–H and O–H groups in total. The second kappa shape index (κ2) is 4.63. The largest absolute Gasteiger partial charge is 0.496 e. The van der Waals surface area contributed by atoms with Gasteiger partial charge >= 0.3 is 0 Å². The van der Waals surface area contributed by atoms with Gasteiger partial charge in [-0.1, -0.05) is 18.2 Å². The first kappa shape index (κ1) is 11.7. The summed E-state index contributed by atoms with van der Waals surface area (Å²) in [5.41, 5.74) is 6.26. The number of ether oxygens (including phenoxy) is 1. The Labute approximate surface area is 103 Å². The van der Waals surface area contributed by atoms with E-state index in [1.54, 1.807) is 24.3 Å². The van der Waals surface area contributed by atoms with Crippen LogP contribution in [0.3, 0.4) is 0 Å². The highest BCUT2D eigenvalue weighted by Crippen LogP contribution is 2.31. The number of nitrogens with one attached hydrogen (secondary N) is 1. The molecule has 0 atom stereocenters. The van der Waals surface area contributed by atoms with Crippen LogP contribution in [0.1, 0.15) is 5.56 Å². The van der Waals surface area contributed by atoms with E-state index < -0.39 is 5.56 Å². The van der Waals surface area contributed by atoms with Crippen LogP contribution in [0.2, 0.25) is 0 Å². The van der Waals surface area contributed by atoms with Crippen molar-refractivity contribution in [3.8, 4) is 22.9 Å². The van der Waals surface area contributed by atoms with Gasteiger partial charge in [0, 0.05) is 11.1 Å². The standard InChI is InChI=1S/C13H11N3O2/c1-18-11-5-3-2-4-8(11)9-6-12(15)16-13(17)10(9)7-14/h2-6H,1H3,(H3,15,16,17). The van der Waals surface area contributed by atoms with Crippen molar-refractivity contribution >= 4 is 5.82 Å². The van der Waals surface area contributed by atoms with E-state index >= 15 is 0 Å². The fourth-order valence-corrected chi connectivity index (χ4v) is 1.77. The summed E-state index contributed by atoms with van der Waals surface area (Å²) in [7, 11) is 1.53. The average Bonchev–Trinajstić information content (AvgIpc) is 2.38. The summed E-state index contributed by atoms with van der Waals surface area (Å²) >= 11 is 0. The van der Waals surface area contributed by atoms with Crippen molar-refractivity contribution < 1.29 is 4.74 Å². The maximum atomic E-state index is 11.7. The van der Waals surface area contributed by atoms with Gasteiger partial charge in [-0.3, -0.25) is 4.79 Å². The van der Waals surface area contributed by atoms with E-state index in [-0.39, 0.29) is 11.4 Å². The van der Waals surface area contributed by atoms with Crippen LogP contribution in [-0.2, 0) is 0 Å². The van der Waals surface area contributed by atoms with Crippen LogP contribution in [0.15, 0.2) is 35.1 Å². The van der Waals surface area contributed by atoms with Crippen LogP contribution in [-0.4, -0.2) is 12.1 Å². The molecule has 0 unspecified atom stereocenters. The molecule has 2 aromatic rings. The zero-order chi connectivity index (χ0) is 13.1. The van der Waals surface area contributed by atoms with Crippen LogP contribution >= 0.6 is 0 Å². The Morgan fingerprint density at radius 3 is 2.72 bits per heavy atom. The Kier molecular flexibility index (Phi) is 3.02. The van der Waals surface area contributed by atoms with Gasteiger partial charge in [-0.15, -0.1) is 0 Å². The van der Waals surface area contributed by atoms with Crippen molar-refractivity contribution in [1.29, 1.82) is 5.26 Å². The SMILES string of the molecule is COc1ccccc1-c1cc(N)[nH]c(=O)c1C#N. The smallest absolute Gasteiger partial charge is 0.268 e. The Morgan fingerprint density at radius 2 is 2.06 bits per heavy atom. The molecule has 0 amide bonds. The maximum Gasteiger partial charge on any atom is 0.268 e. The highest BCUT2D eigenvalue weighted by molar-refractivity contribution is 5.76. The topological polar surface area (TPSA) is 91.9 Å². The van der Waals surface area contributed by atoms with E-state index in [0.29, 0.717) is 16.9 Å². The molecule has 0 aliphatic heterocycles. The fourth-order valence-electron chi connectivity index (χ4n) is 1.77. The molecule has 0 spiro atoms. The minimum Gasteiger partial charge on any atom is -0.496 e. The maximum absolute atomic E-state index is 11.7. The number of nitrogens with zero attached hydrogens (tertiary/aromatic N) is 1. The number of benzene rings is 1. The van der Waals surface area contributed by atoms with Gasteiger partial charge in [-0.05, 0) is 12.1 Å². The highest BCUT2D eigenvalue weighted by atomic mass is 16.5. The minimum absolute atomic E-state index is 0.0219. The van der Waals surface area contributed by atoms with Crippen molar-refractivity contribution in [3.63, 3.8) is 0 Å². The number of para-hydroxylation sites is 1. The van der Waals surface area contributed by atoms with Gasteiger partial charge in [0.05, 0.1) is 7.11 Å². The minimum atomic E-state index is -0.501. The van der Waals surface area contributed by atoms with E-state index in [4.69, 9.17) is 15.7 Å². The summed E-state index contributed by atoms with van der Waals surface area (Å²) in [6.45, 7) is 0. The number of H-pyrrole nitrogens is 1. The number of pyridine rings is 1. The van der Waals surface area contributed by atoms with Crippen LogP contribution in [0.4, 0.5) is 5.82 Å². The molecule has 90 valence electrons. The molecule has 0 saturated carbocycles. The molecule has 0 aliphatic rings. The number of anilines is 1. The third-order valence-corrected chi connectivity index (χ3v) is 2.56. The molecule has 1 aromatic carbocycles. The van der Waals surface area contributed by atoms with E-state index in [1.807, 2.05) is 12.1 Å². The number of nitrogens with two attached hydrogens (primary N) is 1. The lowest BCUT2D eigenvalue weighted by molar-refractivity contribution is 0.416. The average molecular weight is 241 g/mol. The van der Waals surface area contributed by atoms with Crippen LogP contribution in [0.25, 0.3) is 11.1 Å². The van der Waals surface area contributed by atoms with Crippen LogP contribution < -0.4 is 16.0 Å². The predicted molar refractivity (Wildman–Crippen MR) is 68.2 cm³/mol. The number of hydrogen-bond donors (Lipinski definition) is 2. The van der Waals surface area contributed by atoms with Crippen molar-refractivity contribution in [2.75, 3.05) is 12.8 Å². The molecule has 5 nitrogen and oxygen atoms in total. The summed E-state index contributed by atoms with van der Waals surface area (Å²) in [4.78, 5) is 14.1. The number of rotatable bonds is 2. The summed E-state index contributed by atoms with van der Waals surface area (Å²) in [5.74, 6) is 0.791. The first-order valence-electron chi connectivity index (χ1n) is 5.23. The molecule has 5 heteroatoms. The molecule has 2 rings (SSSR count). The molecule has 1 heterocycles. The molecule has 0 saturated heterocycles. The second-order valence-corrected chi connectivity index (χ2v) is 3.65. The number of aromatic amines is 1. The van der Waals surface area contributed by atoms with Crippen LogP contribution in [0.5, 0.6) is 5.75 Å². The predicted octanol–water partition coefficient (Wildman–Crippen LogP) is 1.50. The molecular formula is C13H11N3O2. The van der Waals surface area contributed by atoms with Gasteiger partial charge in [-0.25, -0.2) is 0 Å². The zero-order valence-corrected chi connectivity index (χ0v) is 9.73. The molecule has 0 radical (unpaired) electrons. The lowest BCUT2D eigenvalue weighted by Gasteiger charge is -2.09. The lowest BCUT2D eigenvalue weighted by atomic mass is 10.0. The van der Waals surface area contributed by atoms with Gasteiger partial charge in [0.15, 0.2) is 0 Å².